The Bertz CT molecular complexity index is 427. The van der Waals surface area contributed by atoms with Crippen LogP contribution in [0.2, 0.25) is 0 Å². The molecule has 5 N–H and O–H groups in total. The minimum Gasteiger partial charge on any atom is -0.367 e. The van der Waals surface area contributed by atoms with Crippen LogP contribution < -0.4 is 0 Å². The van der Waals surface area contributed by atoms with Gasteiger partial charge in [-0.15, -0.1) is 5.10 Å². The van der Waals surface area contributed by atoms with Crippen LogP contribution in [0.4, 0.5) is 0 Å². The van der Waals surface area contributed by atoms with Crippen molar-refractivity contribution in [2.45, 2.75) is 11.5 Å². The van der Waals surface area contributed by atoms with Crippen molar-refractivity contribution >= 4 is 26.7 Å². The van der Waals surface area contributed by atoms with Crippen molar-refractivity contribution < 1.29 is 33.8 Å². The van der Waals surface area contributed by atoms with Crippen LogP contribution in [0.1, 0.15) is 4.88 Å². The maximum atomic E-state index is 10.9. The largest absolute Gasteiger partial charge is 0.369 e. The minimum absolute atomic E-state index is 0.0501. The highest BCUT2D eigenvalue weighted by Gasteiger charge is 2.59. The van der Waals surface area contributed by atoms with Crippen LogP contribution in [0.3, 0.4) is 0 Å². The molecule has 0 radical (unpaired) electrons. The summed E-state index contributed by atoms with van der Waals surface area (Å²) in [6.45, 7) is 0. The van der Waals surface area contributed by atoms with E-state index in [-0.39, 0.29) is 4.88 Å². The molecule has 12 heteroatoms. The Morgan fingerprint density at radius 1 is 1.25 bits per heavy atom. The Balaban J connectivity index is 3.18. The molecule has 0 aromatic carbocycles. The molecule has 0 spiro atoms. The molecule has 0 fully saturated rings. The zero-order valence-electron chi connectivity index (χ0n) is 7.53. The predicted octanol–water partition coefficient (Wildman–Crippen LogP) is -0.918. The van der Waals surface area contributed by atoms with Gasteiger partial charge in [0.1, 0.15) is 0 Å². The summed E-state index contributed by atoms with van der Waals surface area (Å²) >= 11 is 0.674. The molecule has 0 amide bonds. The topological polar surface area (TPSA) is 161 Å². The highest BCUT2D eigenvalue weighted by atomic mass is 32.1. The van der Waals surface area contributed by atoms with Crippen LogP contribution in [0.5, 0.6) is 0 Å². The molecular formula is C4H8N2O7P2S. The molecule has 16 heavy (non-hydrogen) atoms. The number of aliphatic hydroxyl groups is 1. The lowest BCUT2D eigenvalue weighted by atomic mass is 10.4. The molecule has 0 unspecified atom stereocenters. The van der Waals surface area contributed by atoms with Gasteiger partial charge in [0.15, 0.2) is 0 Å². The highest BCUT2D eigenvalue weighted by molar-refractivity contribution is 7.72. The fourth-order valence-electron chi connectivity index (χ4n) is 0.875. The lowest BCUT2D eigenvalue weighted by molar-refractivity contribution is 0.131. The summed E-state index contributed by atoms with van der Waals surface area (Å²) in [6, 6.07) is 0. The Morgan fingerprint density at radius 3 is 2.06 bits per heavy atom. The first-order valence-electron chi connectivity index (χ1n) is 3.68. The van der Waals surface area contributed by atoms with E-state index in [4.69, 9.17) is 19.6 Å². The van der Waals surface area contributed by atoms with E-state index in [0.717, 1.165) is 6.20 Å². The first-order valence-corrected chi connectivity index (χ1v) is 7.67. The number of rotatable bonds is 4. The summed E-state index contributed by atoms with van der Waals surface area (Å²) in [5.41, 5.74) is 0. The molecule has 1 aromatic rings. The zero-order chi connectivity index (χ0) is 12.6. The second kappa shape index (κ2) is 4.25. The van der Waals surface area contributed by atoms with Gasteiger partial charge in [-0.25, -0.2) is 0 Å². The number of nitrogens with zero attached hydrogens (tertiary/aromatic N) is 2. The second-order valence-electron chi connectivity index (χ2n) is 2.92. The van der Waals surface area contributed by atoms with E-state index in [0.29, 0.717) is 11.5 Å². The third-order valence-corrected chi connectivity index (χ3v) is 6.16. The SMILES string of the molecule is O=P(O)(O)C(O)(Cc1cnns1)P(=O)(O)O. The zero-order valence-corrected chi connectivity index (χ0v) is 10.1. The molecule has 1 rings (SSSR count). The Kier molecular flexibility index (Phi) is 3.68. The van der Waals surface area contributed by atoms with Gasteiger partial charge in [0, 0.05) is 11.3 Å². The minimum atomic E-state index is -5.41. The van der Waals surface area contributed by atoms with Gasteiger partial charge in [-0.05, 0) is 11.5 Å². The number of hydrogen-bond acceptors (Lipinski definition) is 6. The molecule has 1 aromatic heterocycles. The van der Waals surface area contributed by atoms with Gasteiger partial charge in [0.25, 0.3) is 5.08 Å². The molecular weight excluding hydrogens is 282 g/mol. The number of aromatic nitrogens is 2. The fourth-order valence-corrected chi connectivity index (χ4v) is 3.77. The highest BCUT2D eigenvalue weighted by Crippen LogP contribution is 2.68. The maximum absolute atomic E-state index is 10.9. The third kappa shape index (κ3) is 2.55. The van der Waals surface area contributed by atoms with Gasteiger partial charge in [-0.2, -0.15) is 0 Å². The average Bonchev–Trinajstić information content (AvgIpc) is 2.52. The smallest absolute Gasteiger partial charge is 0.367 e. The Morgan fingerprint density at radius 2 is 1.75 bits per heavy atom. The molecule has 0 aliphatic heterocycles. The van der Waals surface area contributed by atoms with E-state index >= 15 is 0 Å². The summed E-state index contributed by atoms with van der Waals surface area (Å²) in [5, 5.41) is 9.37. The first-order chi connectivity index (χ1) is 7.08. The molecule has 0 aliphatic carbocycles. The molecule has 0 saturated heterocycles. The van der Waals surface area contributed by atoms with Gasteiger partial charge < -0.3 is 24.7 Å². The van der Waals surface area contributed by atoms with Crippen molar-refractivity contribution in [1.29, 1.82) is 0 Å². The van der Waals surface area contributed by atoms with Crippen molar-refractivity contribution in [3.63, 3.8) is 0 Å². The lowest BCUT2D eigenvalue weighted by Gasteiger charge is -2.28. The van der Waals surface area contributed by atoms with E-state index in [2.05, 4.69) is 9.59 Å². The number of hydrogen-bond donors (Lipinski definition) is 5. The van der Waals surface area contributed by atoms with Crippen molar-refractivity contribution in [1.82, 2.24) is 9.59 Å². The van der Waals surface area contributed by atoms with E-state index in [9.17, 15) is 14.2 Å². The van der Waals surface area contributed by atoms with Gasteiger partial charge in [0.05, 0.1) is 6.20 Å². The van der Waals surface area contributed by atoms with Gasteiger partial charge >= 0.3 is 15.2 Å². The standard InChI is InChI=1S/C4H8N2O7P2S/c7-4(14(8,9)10,15(11,12)13)1-3-2-5-6-16-3/h2,7H,1H2,(H2,8,9,10)(H2,11,12,13). The molecule has 0 atom stereocenters. The molecule has 0 aliphatic rings. The third-order valence-electron chi connectivity index (χ3n) is 1.75. The summed E-state index contributed by atoms with van der Waals surface area (Å²) < 4.78 is 25.2. The van der Waals surface area contributed by atoms with Crippen molar-refractivity contribution in [3.05, 3.63) is 11.1 Å². The summed E-state index contributed by atoms with van der Waals surface area (Å²) in [7, 11) is -10.8. The van der Waals surface area contributed by atoms with Crippen LogP contribution in [0.25, 0.3) is 0 Å². The van der Waals surface area contributed by atoms with Crippen molar-refractivity contribution in [2.75, 3.05) is 0 Å². The van der Waals surface area contributed by atoms with Crippen LogP contribution in [0.15, 0.2) is 6.20 Å². The second-order valence-corrected chi connectivity index (χ2v) is 7.80. The maximum Gasteiger partial charge on any atom is 0.369 e. The van der Waals surface area contributed by atoms with Gasteiger partial charge in [0.2, 0.25) is 0 Å². The van der Waals surface area contributed by atoms with Crippen molar-refractivity contribution in [2.24, 2.45) is 0 Å². The summed E-state index contributed by atoms with van der Waals surface area (Å²) in [6.07, 6.45) is 0.139. The summed E-state index contributed by atoms with van der Waals surface area (Å²) in [4.78, 5) is 35.3. The van der Waals surface area contributed by atoms with Crippen LogP contribution >= 0.6 is 26.7 Å². The molecule has 92 valence electrons. The first kappa shape index (κ1) is 13.9. The van der Waals surface area contributed by atoms with Gasteiger partial charge in [-0.3, -0.25) is 9.13 Å². The molecule has 1 heterocycles. The predicted molar refractivity (Wildman–Crippen MR) is 52.7 cm³/mol. The van der Waals surface area contributed by atoms with E-state index < -0.39 is 26.7 Å². The Hall–Kier alpha value is -0.180. The van der Waals surface area contributed by atoms with E-state index in [1.54, 1.807) is 0 Å². The monoisotopic (exact) mass is 290 g/mol. The van der Waals surface area contributed by atoms with Crippen LogP contribution in [-0.2, 0) is 15.6 Å². The van der Waals surface area contributed by atoms with Crippen LogP contribution in [0, 0.1) is 0 Å². The molecule has 0 saturated carbocycles. The average molecular weight is 290 g/mol. The quantitative estimate of drug-likeness (QED) is 0.441. The van der Waals surface area contributed by atoms with Crippen LogP contribution in [-0.4, -0.2) is 39.4 Å². The summed E-state index contributed by atoms with van der Waals surface area (Å²) in [5.74, 6) is 0. The Labute approximate surface area is 93.2 Å². The van der Waals surface area contributed by atoms with E-state index in [1.165, 1.54) is 0 Å². The lowest BCUT2D eigenvalue weighted by Crippen LogP contribution is -2.31. The fraction of sp³-hybridized carbons (Fsp3) is 0.500. The molecule has 9 nitrogen and oxygen atoms in total. The molecule has 0 bridgehead atoms. The van der Waals surface area contributed by atoms with Crippen molar-refractivity contribution in [3.8, 4) is 0 Å². The van der Waals surface area contributed by atoms with E-state index in [1.807, 2.05) is 0 Å². The normalized spacial score (nSPS) is 14.1. The van der Waals surface area contributed by atoms with Gasteiger partial charge in [-0.1, -0.05) is 4.49 Å².